The molecule has 2 nitrogen and oxygen atoms in total. The molecule has 0 bridgehead atoms. The van der Waals surface area contributed by atoms with Crippen LogP contribution in [-0.4, -0.2) is 0 Å². The van der Waals surface area contributed by atoms with E-state index >= 15 is 0 Å². The summed E-state index contributed by atoms with van der Waals surface area (Å²) < 4.78 is 53.3. The minimum Gasteiger partial charge on any atom is -0.305 e. The lowest BCUT2D eigenvalue weighted by Gasteiger charge is -2.32. The highest BCUT2D eigenvalue weighted by Crippen LogP contribution is 2.35. The maximum absolute atomic E-state index is 13.5. The molecule has 1 aromatic rings. The molecule has 1 aliphatic carbocycles. The zero-order valence-corrected chi connectivity index (χ0v) is 12.2. The average Bonchev–Trinajstić information content (AvgIpc) is 2.34. The van der Waals surface area contributed by atoms with E-state index in [1.54, 1.807) is 0 Å². The second-order valence-corrected chi connectivity index (χ2v) is 6.26. The summed E-state index contributed by atoms with van der Waals surface area (Å²) >= 11 is 0. The fourth-order valence-electron chi connectivity index (χ4n) is 2.85. The van der Waals surface area contributed by atoms with E-state index in [2.05, 4.69) is 17.8 Å². The highest BCUT2D eigenvalue weighted by Gasteiger charge is 2.26. The summed E-state index contributed by atoms with van der Waals surface area (Å²) in [4.78, 5) is 0. The van der Waals surface area contributed by atoms with Gasteiger partial charge in [0.25, 0.3) is 0 Å². The Morgan fingerprint density at radius 1 is 1.05 bits per heavy atom. The molecule has 0 saturated heterocycles. The van der Waals surface area contributed by atoms with Gasteiger partial charge in [0.05, 0.1) is 0 Å². The Morgan fingerprint density at radius 3 is 2.14 bits per heavy atom. The van der Waals surface area contributed by atoms with Crippen LogP contribution in [0.5, 0.6) is 0 Å². The largest absolute Gasteiger partial charge is 0.305 e. The zero-order valence-electron chi connectivity index (χ0n) is 12.2. The van der Waals surface area contributed by atoms with Gasteiger partial charge in [-0.2, -0.15) is 0 Å². The first-order valence-electron chi connectivity index (χ1n) is 6.76. The number of hydrogen-bond donors (Lipinski definition) is 2. The molecule has 0 radical (unpaired) electrons. The zero-order chi connectivity index (χ0) is 15.8. The Balaban J connectivity index is 2.19. The number of allylic oxidation sites excluding steroid dienone is 2. The molecule has 0 saturated carbocycles. The topological polar surface area (TPSA) is 24.1 Å². The van der Waals surface area contributed by atoms with Crippen molar-refractivity contribution in [2.24, 2.45) is 11.3 Å². The van der Waals surface area contributed by atoms with Gasteiger partial charge in [0.2, 0.25) is 0 Å². The summed E-state index contributed by atoms with van der Waals surface area (Å²) in [5.41, 5.74) is 4.73. The van der Waals surface area contributed by atoms with Crippen LogP contribution in [0.2, 0.25) is 0 Å². The average molecular weight is 302 g/mol. The standard InChI is InChI=1S/C15H18F4N2/c1-8-4-9(7-15(2,3)6-8)20-21-14-12(18)10(16)5-11(17)13(14)19/h5,7-8,20-21H,4,6H2,1-3H3/t8-/m0/s1. The summed E-state index contributed by atoms with van der Waals surface area (Å²) in [5, 5.41) is 0. The van der Waals surface area contributed by atoms with E-state index in [0.29, 0.717) is 12.3 Å². The van der Waals surface area contributed by atoms with E-state index in [-0.39, 0.29) is 11.5 Å². The third kappa shape index (κ3) is 3.49. The molecule has 6 heteroatoms. The Hall–Kier alpha value is -1.72. The normalized spacial score (nSPS) is 20.9. The molecular weight excluding hydrogens is 284 g/mol. The van der Waals surface area contributed by atoms with E-state index in [1.807, 2.05) is 19.9 Å². The Morgan fingerprint density at radius 2 is 1.62 bits per heavy atom. The van der Waals surface area contributed by atoms with Gasteiger partial charge >= 0.3 is 0 Å². The molecule has 1 aromatic carbocycles. The quantitative estimate of drug-likeness (QED) is 0.488. The van der Waals surface area contributed by atoms with Crippen molar-refractivity contribution in [1.82, 2.24) is 5.43 Å². The summed E-state index contributed by atoms with van der Waals surface area (Å²) in [6.07, 6.45) is 3.64. The molecule has 116 valence electrons. The van der Waals surface area contributed by atoms with Gasteiger partial charge in [-0.25, -0.2) is 17.6 Å². The fraction of sp³-hybridized carbons (Fsp3) is 0.467. The van der Waals surface area contributed by atoms with Crippen LogP contribution in [0.4, 0.5) is 23.2 Å². The minimum absolute atomic E-state index is 0.0496. The second kappa shape index (κ2) is 5.58. The Kier molecular flexibility index (Phi) is 4.16. The Bertz CT molecular complexity index is 555. The van der Waals surface area contributed by atoms with Crippen LogP contribution < -0.4 is 10.9 Å². The third-order valence-electron chi connectivity index (χ3n) is 3.47. The van der Waals surface area contributed by atoms with Gasteiger partial charge in [-0.05, 0) is 24.2 Å². The maximum Gasteiger partial charge on any atom is 0.186 e. The van der Waals surface area contributed by atoms with Crippen molar-refractivity contribution in [2.45, 2.75) is 33.6 Å². The number of benzene rings is 1. The van der Waals surface area contributed by atoms with E-state index in [0.717, 1.165) is 12.1 Å². The monoisotopic (exact) mass is 302 g/mol. The summed E-state index contributed by atoms with van der Waals surface area (Å²) in [5.74, 6) is -5.39. The molecule has 1 aliphatic rings. The lowest BCUT2D eigenvalue weighted by molar-refractivity contribution is 0.316. The van der Waals surface area contributed by atoms with Crippen LogP contribution in [-0.2, 0) is 0 Å². The highest BCUT2D eigenvalue weighted by molar-refractivity contribution is 5.47. The minimum atomic E-state index is -1.45. The number of rotatable bonds is 3. The molecule has 0 amide bonds. The van der Waals surface area contributed by atoms with Gasteiger partial charge < -0.3 is 5.43 Å². The first kappa shape index (κ1) is 15.7. The molecule has 0 heterocycles. The van der Waals surface area contributed by atoms with Crippen molar-refractivity contribution in [3.8, 4) is 0 Å². The lowest BCUT2D eigenvalue weighted by Crippen LogP contribution is -2.30. The molecular formula is C15H18F4N2. The second-order valence-electron chi connectivity index (χ2n) is 6.26. The van der Waals surface area contributed by atoms with Crippen LogP contribution in [0.15, 0.2) is 17.8 Å². The molecule has 0 unspecified atom stereocenters. The predicted octanol–water partition coefficient (Wildman–Crippen LogP) is 4.50. The fourth-order valence-corrected chi connectivity index (χ4v) is 2.85. The van der Waals surface area contributed by atoms with E-state index in [4.69, 9.17) is 0 Å². The van der Waals surface area contributed by atoms with Gasteiger partial charge in [-0.1, -0.05) is 26.8 Å². The molecule has 0 spiro atoms. The van der Waals surface area contributed by atoms with Crippen molar-refractivity contribution >= 4 is 5.69 Å². The third-order valence-corrected chi connectivity index (χ3v) is 3.47. The van der Waals surface area contributed by atoms with Crippen LogP contribution >= 0.6 is 0 Å². The lowest BCUT2D eigenvalue weighted by atomic mass is 9.76. The number of hydrogen-bond acceptors (Lipinski definition) is 2. The summed E-state index contributed by atoms with van der Waals surface area (Å²) in [6.45, 7) is 6.17. The summed E-state index contributed by atoms with van der Waals surface area (Å²) in [6, 6.07) is 0.181. The molecule has 0 fully saturated rings. The smallest absolute Gasteiger partial charge is 0.186 e. The first-order valence-corrected chi connectivity index (χ1v) is 6.76. The molecule has 1 atom stereocenters. The highest BCUT2D eigenvalue weighted by atomic mass is 19.2. The van der Waals surface area contributed by atoms with Crippen molar-refractivity contribution in [3.63, 3.8) is 0 Å². The molecule has 21 heavy (non-hydrogen) atoms. The van der Waals surface area contributed by atoms with E-state index in [9.17, 15) is 17.6 Å². The first-order chi connectivity index (χ1) is 9.69. The van der Waals surface area contributed by atoms with E-state index in [1.165, 1.54) is 0 Å². The van der Waals surface area contributed by atoms with Crippen LogP contribution in [0.3, 0.4) is 0 Å². The Labute approximate surface area is 121 Å². The van der Waals surface area contributed by atoms with Crippen LogP contribution in [0, 0.1) is 34.6 Å². The molecule has 0 aliphatic heterocycles. The summed E-state index contributed by atoms with van der Waals surface area (Å²) in [7, 11) is 0. The van der Waals surface area contributed by atoms with Crippen molar-refractivity contribution in [3.05, 3.63) is 41.1 Å². The molecule has 0 aromatic heterocycles. The van der Waals surface area contributed by atoms with Crippen molar-refractivity contribution < 1.29 is 17.6 Å². The number of anilines is 1. The van der Waals surface area contributed by atoms with Crippen molar-refractivity contribution in [2.75, 3.05) is 5.43 Å². The number of hydrazine groups is 1. The van der Waals surface area contributed by atoms with Gasteiger partial charge in [0.15, 0.2) is 23.3 Å². The maximum atomic E-state index is 13.5. The number of nitrogens with one attached hydrogen (secondary N) is 2. The molecule has 2 N–H and O–H groups in total. The van der Waals surface area contributed by atoms with Crippen LogP contribution in [0.1, 0.15) is 33.6 Å². The van der Waals surface area contributed by atoms with Gasteiger partial charge in [0, 0.05) is 11.8 Å². The van der Waals surface area contributed by atoms with Gasteiger partial charge in [-0.3, -0.25) is 5.43 Å². The predicted molar refractivity (Wildman–Crippen MR) is 73.3 cm³/mol. The van der Waals surface area contributed by atoms with E-state index < -0.39 is 29.0 Å². The van der Waals surface area contributed by atoms with Gasteiger partial charge in [0.1, 0.15) is 5.69 Å². The van der Waals surface area contributed by atoms with Crippen molar-refractivity contribution in [1.29, 1.82) is 0 Å². The van der Waals surface area contributed by atoms with Crippen LogP contribution in [0.25, 0.3) is 0 Å². The van der Waals surface area contributed by atoms with Gasteiger partial charge in [-0.15, -0.1) is 0 Å². The SMILES string of the molecule is C[C@H]1CC(NNc2c(F)c(F)cc(F)c2F)=CC(C)(C)C1. The number of halogens is 4. The molecule has 2 rings (SSSR count).